The van der Waals surface area contributed by atoms with Crippen LogP contribution in [0.4, 0.5) is 11.4 Å². The van der Waals surface area contributed by atoms with Crippen molar-refractivity contribution in [2.24, 2.45) is 0 Å². The van der Waals surface area contributed by atoms with Gasteiger partial charge in [-0.05, 0) is 67.4 Å². The predicted octanol–water partition coefficient (Wildman–Crippen LogP) is 3.82. The van der Waals surface area contributed by atoms with Gasteiger partial charge < -0.3 is 10.6 Å². The Hall–Kier alpha value is -3.45. The summed E-state index contributed by atoms with van der Waals surface area (Å²) in [7, 11) is 0. The molecule has 1 unspecified atom stereocenters. The van der Waals surface area contributed by atoms with Gasteiger partial charge in [0.05, 0.1) is 11.7 Å². The third kappa shape index (κ3) is 5.38. The normalized spacial score (nSPS) is 16.6. The standard InChI is InChI=1S/C24H27N5O2/c1-18(30)26-20-8-6-19(7-9-20)17-28-15-3-2-5-23(28)24(31)27-21-10-12-22(13-11-21)29-16-4-14-25-29/h4,6-14,16,23H,2-3,5,15,17H2,1H3,(H,26,30)(H,27,31). The van der Waals surface area contributed by atoms with Crippen molar-refractivity contribution in [3.05, 3.63) is 72.6 Å². The van der Waals surface area contributed by atoms with Gasteiger partial charge in [0.25, 0.3) is 0 Å². The number of nitrogens with zero attached hydrogens (tertiary/aromatic N) is 3. The fourth-order valence-corrected chi connectivity index (χ4v) is 3.95. The SMILES string of the molecule is CC(=O)Nc1ccc(CN2CCCCC2C(=O)Nc2ccc(-n3cccn3)cc2)cc1. The summed E-state index contributed by atoms with van der Waals surface area (Å²) >= 11 is 0. The number of nitrogens with one attached hydrogen (secondary N) is 2. The summed E-state index contributed by atoms with van der Waals surface area (Å²) in [5.41, 5.74) is 3.64. The van der Waals surface area contributed by atoms with E-state index in [2.05, 4.69) is 20.6 Å². The third-order valence-corrected chi connectivity index (χ3v) is 5.48. The highest BCUT2D eigenvalue weighted by Crippen LogP contribution is 2.22. The Kier molecular flexibility index (Phi) is 6.43. The molecule has 3 aromatic rings. The fourth-order valence-electron chi connectivity index (χ4n) is 3.95. The van der Waals surface area contributed by atoms with Crippen LogP contribution in [0.5, 0.6) is 0 Å². The molecular weight excluding hydrogens is 390 g/mol. The van der Waals surface area contributed by atoms with E-state index in [1.807, 2.05) is 60.8 Å². The number of aromatic nitrogens is 2. The molecule has 160 valence electrons. The maximum Gasteiger partial charge on any atom is 0.241 e. The van der Waals surface area contributed by atoms with Gasteiger partial charge in [-0.3, -0.25) is 14.5 Å². The number of benzene rings is 2. The van der Waals surface area contributed by atoms with E-state index in [1.54, 1.807) is 10.9 Å². The minimum absolute atomic E-state index is 0.0291. The fraction of sp³-hybridized carbons (Fsp3) is 0.292. The van der Waals surface area contributed by atoms with Crippen molar-refractivity contribution in [3.8, 4) is 5.69 Å². The Bertz CT molecular complexity index is 1010. The zero-order valence-electron chi connectivity index (χ0n) is 17.6. The number of carbonyl (C=O) groups excluding carboxylic acids is 2. The molecule has 2 N–H and O–H groups in total. The number of piperidine rings is 1. The maximum absolute atomic E-state index is 13.0. The Morgan fingerprint density at radius 1 is 1.00 bits per heavy atom. The van der Waals surface area contributed by atoms with Crippen LogP contribution in [-0.4, -0.2) is 39.1 Å². The van der Waals surface area contributed by atoms with Gasteiger partial charge in [-0.2, -0.15) is 5.10 Å². The first-order valence-corrected chi connectivity index (χ1v) is 10.6. The molecule has 0 bridgehead atoms. The summed E-state index contributed by atoms with van der Waals surface area (Å²) in [6, 6.07) is 17.2. The van der Waals surface area contributed by atoms with Crippen LogP contribution in [0, 0.1) is 0 Å². The Morgan fingerprint density at radius 2 is 1.71 bits per heavy atom. The minimum Gasteiger partial charge on any atom is -0.326 e. The van der Waals surface area contributed by atoms with Crippen molar-refractivity contribution in [2.75, 3.05) is 17.2 Å². The Labute approximate surface area is 182 Å². The van der Waals surface area contributed by atoms with Gasteiger partial charge in [0, 0.05) is 37.2 Å². The molecule has 1 saturated heterocycles. The van der Waals surface area contributed by atoms with Gasteiger partial charge in [0.15, 0.2) is 0 Å². The lowest BCUT2D eigenvalue weighted by Crippen LogP contribution is -2.46. The van der Waals surface area contributed by atoms with Gasteiger partial charge in [-0.15, -0.1) is 0 Å². The zero-order valence-corrected chi connectivity index (χ0v) is 17.6. The second kappa shape index (κ2) is 9.57. The van der Waals surface area contributed by atoms with Crippen molar-refractivity contribution in [2.45, 2.75) is 38.8 Å². The summed E-state index contributed by atoms with van der Waals surface area (Å²) in [5, 5.41) is 10.1. The van der Waals surface area contributed by atoms with E-state index in [0.29, 0.717) is 6.54 Å². The largest absolute Gasteiger partial charge is 0.326 e. The first-order valence-electron chi connectivity index (χ1n) is 10.6. The molecule has 1 aliphatic rings. The second-order valence-electron chi connectivity index (χ2n) is 7.85. The lowest BCUT2D eigenvalue weighted by atomic mass is 10.00. The predicted molar refractivity (Wildman–Crippen MR) is 121 cm³/mol. The first-order chi connectivity index (χ1) is 15.1. The monoisotopic (exact) mass is 417 g/mol. The smallest absolute Gasteiger partial charge is 0.241 e. The highest BCUT2D eigenvalue weighted by Gasteiger charge is 2.28. The molecule has 2 amide bonds. The van der Waals surface area contributed by atoms with Crippen molar-refractivity contribution in [1.82, 2.24) is 14.7 Å². The van der Waals surface area contributed by atoms with Crippen LogP contribution < -0.4 is 10.6 Å². The molecule has 1 aliphatic heterocycles. The highest BCUT2D eigenvalue weighted by atomic mass is 16.2. The summed E-state index contributed by atoms with van der Waals surface area (Å²) in [6.07, 6.45) is 6.61. The van der Waals surface area contributed by atoms with Gasteiger partial charge in [-0.25, -0.2) is 4.68 Å². The quantitative estimate of drug-likeness (QED) is 0.639. The topological polar surface area (TPSA) is 79.3 Å². The van der Waals surface area contributed by atoms with E-state index >= 15 is 0 Å². The number of carbonyl (C=O) groups is 2. The lowest BCUT2D eigenvalue weighted by molar-refractivity contribution is -0.122. The lowest BCUT2D eigenvalue weighted by Gasteiger charge is -2.34. The number of likely N-dealkylation sites (tertiary alicyclic amines) is 1. The van der Waals surface area contributed by atoms with Crippen LogP contribution in [0.25, 0.3) is 5.69 Å². The van der Waals surface area contributed by atoms with Crippen molar-refractivity contribution in [1.29, 1.82) is 0 Å². The summed E-state index contributed by atoms with van der Waals surface area (Å²) < 4.78 is 1.78. The molecule has 4 rings (SSSR count). The van der Waals surface area contributed by atoms with Crippen molar-refractivity contribution in [3.63, 3.8) is 0 Å². The average molecular weight is 418 g/mol. The molecule has 0 saturated carbocycles. The molecule has 1 fully saturated rings. The van der Waals surface area contributed by atoms with Crippen LogP contribution in [0.3, 0.4) is 0 Å². The number of hydrogen-bond donors (Lipinski definition) is 2. The summed E-state index contributed by atoms with van der Waals surface area (Å²) in [4.78, 5) is 26.5. The second-order valence-corrected chi connectivity index (χ2v) is 7.85. The van der Waals surface area contributed by atoms with E-state index in [4.69, 9.17) is 0 Å². The van der Waals surface area contributed by atoms with Crippen LogP contribution in [0.15, 0.2) is 67.0 Å². The van der Waals surface area contributed by atoms with Gasteiger partial charge in [0.1, 0.15) is 0 Å². The molecular formula is C24H27N5O2. The average Bonchev–Trinajstić information content (AvgIpc) is 3.31. The number of rotatable bonds is 6. The van der Waals surface area contributed by atoms with E-state index in [0.717, 1.165) is 48.4 Å². The summed E-state index contributed by atoms with van der Waals surface area (Å²) in [6.45, 7) is 3.09. The van der Waals surface area contributed by atoms with E-state index in [-0.39, 0.29) is 17.9 Å². The molecule has 1 atom stereocenters. The van der Waals surface area contributed by atoms with Crippen molar-refractivity contribution < 1.29 is 9.59 Å². The zero-order chi connectivity index (χ0) is 21.6. The molecule has 7 nitrogen and oxygen atoms in total. The van der Waals surface area contributed by atoms with Crippen LogP contribution in [0.2, 0.25) is 0 Å². The van der Waals surface area contributed by atoms with Gasteiger partial charge in [0.2, 0.25) is 11.8 Å². The molecule has 0 spiro atoms. The van der Waals surface area contributed by atoms with Gasteiger partial charge in [-0.1, -0.05) is 18.6 Å². The minimum atomic E-state index is -0.158. The number of hydrogen-bond acceptors (Lipinski definition) is 4. The Morgan fingerprint density at radius 3 is 2.39 bits per heavy atom. The molecule has 0 radical (unpaired) electrons. The molecule has 2 heterocycles. The van der Waals surface area contributed by atoms with Gasteiger partial charge >= 0.3 is 0 Å². The first kappa shape index (κ1) is 20.8. The third-order valence-electron chi connectivity index (χ3n) is 5.48. The van der Waals surface area contributed by atoms with Crippen LogP contribution in [0.1, 0.15) is 31.7 Å². The molecule has 2 aromatic carbocycles. The Balaban J connectivity index is 1.39. The number of anilines is 2. The maximum atomic E-state index is 13.0. The van der Waals surface area contributed by atoms with Crippen LogP contribution in [-0.2, 0) is 16.1 Å². The number of amides is 2. The van der Waals surface area contributed by atoms with Crippen molar-refractivity contribution >= 4 is 23.2 Å². The summed E-state index contributed by atoms with van der Waals surface area (Å²) in [5.74, 6) is -0.0559. The van der Waals surface area contributed by atoms with E-state index in [1.165, 1.54) is 6.92 Å². The highest BCUT2D eigenvalue weighted by molar-refractivity contribution is 5.95. The van der Waals surface area contributed by atoms with Crippen LogP contribution >= 0.6 is 0 Å². The molecule has 1 aromatic heterocycles. The van der Waals surface area contributed by atoms with E-state index in [9.17, 15) is 9.59 Å². The molecule has 31 heavy (non-hydrogen) atoms. The van der Waals surface area contributed by atoms with E-state index < -0.39 is 0 Å². The molecule has 0 aliphatic carbocycles. The molecule has 7 heteroatoms.